The van der Waals surface area contributed by atoms with E-state index < -0.39 is 0 Å². The Morgan fingerprint density at radius 1 is 1.50 bits per heavy atom. The van der Waals surface area contributed by atoms with Crippen LogP contribution < -0.4 is 10.6 Å². The van der Waals surface area contributed by atoms with Crippen molar-refractivity contribution in [1.82, 2.24) is 0 Å². The molecule has 0 aliphatic carbocycles. The Labute approximate surface area is 84.2 Å². The van der Waals surface area contributed by atoms with E-state index in [-0.39, 0.29) is 0 Å². The summed E-state index contributed by atoms with van der Waals surface area (Å²) >= 11 is 0. The third-order valence-corrected chi connectivity index (χ3v) is 2.48. The van der Waals surface area contributed by atoms with Crippen LogP contribution in [0.2, 0.25) is 0 Å². The van der Waals surface area contributed by atoms with Gasteiger partial charge in [0, 0.05) is 5.69 Å². The first-order valence-electron chi connectivity index (χ1n) is 4.84. The number of aryl methyl sites for hydroxylation is 1. The minimum atomic E-state index is 0.372. The van der Waals surface area contributed by atoms with Crippen molar-refractivity contribution in [2.75, 3.05) is 11.4 Å². The average molecular weight is 189 g/mol. The zero-order valence-corrected chi connectivity index (χ0v) is 8.57. The Hall–Kier alpha value is -1.51. The lowest BCUT2D eigenvalue weighted by atomic mass is 10.2. The van der Waals surface area contributed by atoms with Gasteiger partial charge in [0.15, 0.2) is 5.96 Å². The standard InChI is InChI=1S/C11H15N3/c1-8-4-3-5-10(6-8)14-9(2)7-13-11(14)12/h3-6,9H,7H2,1-2H3,(H2,12,13). The molecule has 3 nitrogen and oxygen atoms in total. The lowest BCUT2D eigenvalue weighted by Gasteiger charge is -2.23. The first-order chi connectivity index (χ1) is 6.68. The molecule has 1 unspecified atom stereocenters. The van der Waals surface area contributed by atoms with Gasteiger partial charge in [-0.3, -0.25) is 4.99 Å². The van der Waals surface area contributed by atoms with Crippen LogP contribution in [0.3, 0.4) is 0 Å². The summed E-state index contributed by atoms with van der Waals surface area (Å²) in [6.45, 7) is 5.00. The van der Waals surface area contributed by atoms with Gasteiger partial charge in [0.1, 0.15) is 0 Å². The van der Waals surface area contributed by atoms with Gasteiger partial charge in [0.25, 0.3) is 0 Å². The van der Waals surface area contributed by atoms with Crippen LogP contribution in [0.5, 0.6) is 0 Å². The highest BCUT2D eigenvalue weighted by molar-refractivity contribution is 5.97. The van der Waals surface area contributed by atoms with Crippen LogP contribution in [0.1, 0.15) is 12.5 Å². The predicted molar refractivity (Wildman–Crippen MR) is 59.6 cm³/mol. The summed E-state index contributed by atoms with van der Waals surface area (Å²) in [5.41, 5.74) is 8.21. The van der Waals surface area contributed by atoms with Crippen molar-refractivity contribution < 1.29 is 0 Å². The summed E-state index contributed by atoms with van der Waals surface area (Å²) in [4.78, 5) is 6.30. The molecule has 1 heterocycles. The van der Waals surface area contributed by atoms with Crippen LogP contribution in [0, 0.1) is 6.92 Å². The summed E-state index contributed by atoms with van der Waals surface area (Å²) in [6.07, 6.45) is 0. The number of benzene rings is 1. The second kappa shape index (κ2) is 3.33. The Morgan fingerprint density at radius 3 is 2.86 bits per heavy atom. The lowest BCUT2D eigenvalue weighted by Crippen LogP contribution is -2.39. The molecule has 14 heavy (non-hydrogen) atoms. The molecule has 0 saturated heterocycles. The van der Waals surface area contributed by atoms with Crippen molar-refractivity contribution in [2.45, 2.75) is 19.9 Å². The lowest BCUT2D eigenvalue weighted by molar-refractivity contribution is 0.783. The van der Waals surface area contributed by atoms with E-state index in [1.807, 2.05) is 6.07 Å². The average Bonchev–Trinajstić information content (AvgIpc) is 2.46. The second-order valence-electron chi connectivity index (χ2n) is 3.76. The minimum Gasteiger partial charge on any atom is -0.370 e. The van der Waals surface area contributed by atoms with Gasteiger partial charge in [0.2, 0.25) is 0 Å². The highest BCUT2D eigenvalue weighted by Gasteiger charge is 2.22. The molecule has 0 bridgehead atoms. The van der Waals surface area contributed by atoms with Gasteiger partial charge >= 0.3 is 0 Å². The molecule has 0 amide bonds. The van der Waals surface area contributed by atoms with E-state index in [1.165, 1.54) is 5.56 Å². The molecule has 0 spiro atoms. The highest BCUT2D eigenvalue weighted by atomic mass is 15.3. The Balaban J connectivity index is 2.35. The maximum Gasteiger partial charge on any atom is 0.196 e. The predicted octanol–water partition coefficient (Wildman–Crippen LogP) is 1.52. The van der Waals surface area contributed by atoms with Gasteiger partial charge in [-0.1, -0.05) is 12.1 Å². The summed E-state index contributed by atoms with van der Waals surface area (Å²) in [7, 11) is 0. The molecule has 0 radical (unpaired) electrons. The number of anilines is 1. The fourth-order valence-electron chi connectivity index (χ4n) is 1.77. The van der Waals surface area contributed by atoms with Crippen LogP contribution in [0.15, 0.2) is 29.3 Å². The molecule has 74 valence electrons. The molecule has 1 atom stereocenters. The third-order valence-electron chi connectivity index (χ3n) is 2.48. The van der Waals surface area contributed by atoms with E-state index in [1.54, 1.807) is 0 Å². The maximum absolute atomic E-state index is 5.83. The first kappa shape index (κ1) is 9.06. The molecular weight excluding hydrogens is 174 g/mol. The van der Waals surface area contributed by atoms with Gasteiger partial charge in [-0.25, -0.2) is 0 Å². The molecule has 3 heteroatoms. The van der Waals surface area contributed by atoms with Crippen LogP contribution in [0.25, 0.3) is 0 Å². The second-order valence-corrected chi connectivity index (χ2v) is 3.76. The van der Waals surface area contributed by atoms with Gasteiger partial charge in [-0.15, -0.1) is 0 Å². The molecule has 1 aromatic rings. The highest BCUT2D eigenvalue weighted by Crippen LogP contribution is 2.21. The number of nitrogens with two attached hydrogens (primary N) is 1. The van der Waals surface area contributed by atoms with E-state index >= 15 is 0 Å². The zero-order chi connectivity index (χ0) is 10.1. The van der Waals surface area contributed by atoms with Gasteiger partial charge in [-0.2, -0.15) is 0 Å². The van der Waals surface area contributed by atoms with Crippen molar-refractivity contribution in [2.24, 2.45) is 10.7 Å². The van der Waals surface area contributed by atoms with Crippen LogP contribution >= 0.6 is 0 Å². The third kappa shape index (κ3) is 1.45. The number of hydrogen-bond donors (Lipinski definition) is 1. The largest absolute Gasteiger partial charge is 0.370 e. The van der Waals surface area contributed by atoms with Gasteiger partial charge in [0.05, 0.1) is 12.6 Å². The Kier molecular flexibility index (Phi) is 2.15. The summed E-state index contributed by atoms with van der Waals surface area (Å²) < 4.78 is 0. The topological polar surface area (TPSA) is 41.6 Å². The van der Waals surface area contributed by atoms with Crippen molar-refractivity contribution in [1.29, 1.82) is 0 Å². The molecule has 0 saturated carbocycles. The normalized spacial score (nSPS) is 21.1. The number of hydrogen-bond acceptors (Lipinski definition) is 3. The fourth-order valence-corrected chi connectivity index (χ4v) is 1.77. The number of nitrogens with zero attached hydrogens (tertiary/aromatic N) is 2. The Morgan fingerprint density at radius 2 is 2.29 bits per heavy atom. The Bertz CT molecular complexity index is 371. The van der Waals surface area contributed by atoms with Crippen molar-refractivity contribution in [3.05, 3.63) is 29.8 Å². The maximum atomic E-state index is 5.83. The number of aliphatic imine (C=N–C) groups is 1. The van der Waals surface area contributed by atoms with Gasteiger partial charge in [-0.05, 0) is 31.5 Å². The molecule has 0 aromatic heterocycles. The molecule has 1 aromatic carbocycles. The van der Waals surface area contributed by atoms with Gasteiger partial charge < -0.3 is 10.6 Å². The molecule has 2 rings (SSSR count). The van der Waals surface area contributed by atoms with Crippen LogP contribution in [-0.4, -0.2) is 18.5 Å². The molecule has 1 aliphatic heterocycles. The summed E-state index contributed by atoms with van der Waals surface area (Å²) in [6, 6.07) is 8.69. The SMILES string of the molecule is Cc1cccc(N2C(N)=NCC2C)c1. The minimum absolute atomic E-state index is 0.372. The van der Waals surface area contributed by atoms with E-state index in [4.69, 9.17) is 5.73 Å². The van der Waals surface area contributed by atoms with E-state index in [0.29, 0.717) is 12.0 Å². The molecule has 1 aliphatic rings. The molecular formula is C11H15N3. The zero-order valence-electron chi connectivity index (χ0n) is 8.57. The van der Waals surface area contributed by atoms with E-state index in [9.17, 15) is 0 Å². The van der Waals surface area contributed by atoms with E-state index in [2.05, 4.69) is 41.9 Å². The molecule has 0 fully saturated rings. The fraction of sp³-hybridized carbons (Fsp3) is 0.364. The first-order valence-corrected chi connectivity index (χ1v) is 4.84. The monoisotopic (exact) mass is 189 g/mol. The summed E-state index contributed by atoms with van der Waals surface area (Å²) in [5, 5.41) is 0. The van der Waals surface area contributed by atoms with E-state index in [0.717, 1.165) is 12.2 Å². The van der Waals surface area contributed by atoms with Crippen molar-refractivity contribution >= 4 is 11.6 Å². The summed E-state index contributed by atoms with van der Waals surface area (Å²) in [5.74, 6) is 0.628. The quantitative estimate of drug-likeness (QED) is 0.727. The smallest absolute Gasteiger partial charge is 0.196 e. The number of guanidine groups is 1. The number of rotatable bonds is 1. The van der Waals surface area contributed by atoms with Crippen molar-refractivity contribution in [3.8, 4) is 0 Å². The molecule has 2 N–H and O–H groups in total. The van der Waals surface area contributed by atoms with Crippen LogP contribution in [0.4, 0.5) is 5.69 Å². The van der Waals surface area contributed by atoms with Crippen LogP contribution in [-0.2, 0) is 0 Å². The van der Waals surface area contributed by atoms with Crippen molar-refractivity contribution in [3.63, 3.8) is 0 Å².